The zero-order valence-corrected chi connectivity index (χ0v) is 15.2. The van der Waals surface area contributed by atoms with Crippen LogP contribution in [0.3, 0.4) is 0 Å². The largest absolute Gasteiger partial charge is 0.350 e. The van der Waals surface area contributed by atoms with Crippen molar-refractivity contribution >= 4 is 34.9 Å². The molecule has 1 N–H and O–H groups in total. The minimum absolute atomic E-state index is 0.110. The molecule has 0 saturated carbocycles. The van der Waals surface area contributed by atoms with Gasteiger partial charge in [-0.05, 0) is 36.6 Å². The van der Waals surface area contributed by atoms with E-state index in [2.05, 4.69) is 10.3 Å². The molecule has 2 aromatic rings. The highest BCUT2D eigenvalue weighted by Crippen LogP contribution is 2.39. The highest BCUT2D eigenvalue weighted by molar-refractivity contribution is 6.31. The molecule has 4 rings (SSSR count). The number of aromatic nitrogens is 1. The molecule has 1 aromatic carbocycles. The fourth-order valence-electron chi connectivity index (χ4n) is 3.58. The molecule has 2 aliphatic rings. The number of rotatable bonds is 4. The van der Waals surface area contributed by atoms with Crippen LogP contribution in [0.15, 0.2) is 36.5 Å². The number of carbonyl (C=O) groups is 2. The lowest BCUT2D eigenvalue weighted by atomic mass is 10.1. The fraction of sp³-hybridized carbons (Fsp3) is 0.316. The smallest absolute Gasteiger partial charge is 0.250 e. The summed E-state index contributed by atoms with van der Waals surface area (Å²) >= 11 is 6.07. The van der Waals surface area contributed by atoms with Gasteiger partial charge in [0.2, 0.25) is 11.8 Å². The Morgan fingerprint density at radius 2 is 2.11 bits per heavy atom. The first-order chi connectivity index (χ1) is 13.0. The van der Waals surface area contributed by atoms with Gasteiger partial charge in [0.25, 0.3) is 0 Å². The van der Waals surface area contributed by atoms with Crippen molar-refractivity contribution in [3.05, 3.63) is 52.9 Å². The zero-order chi connectivity index (χ0) is 19.0. The second-order valence-electron chi connectivity index (χ2n) is 6.68. The van der Waals surface area contributed by atoms with E-state index in [0.717, 1.165) is 24.9 Å². The fourth-order valence-corrected chi connectivity index (χ4v) is 3.73. The summed E-state index contributed by atoms with van der Waals surface area (Å²) in [6.45, 7) is 0.916. The van der Waals surface area contributed by atoms with Crippen molar-refractivity contribution < 1.29 is 14.0 Å². The maximum atomic E-state index is 13.0. The van der Waals surface area contributed by atoms with Crippen LogP contribution in [0.2, 0.25) is 5.02 Å². The van der Waals surface area contributed by atoms with Crippen LogP contribution in [0.1, 0.15) is 18.4 Å². The number of nitrogens with zero attached hydrogens (tertiary/aromatic N) is 3. The maximum absolute atomic E-state index is 13.0. The van der Waals surface area contributed by atoms with E-state index in [1.807, 2.05) is 4.90 Å². The molecule has 8 heteroatoms. The molecule has 0 radical (unpaired) electrons. The number of pyridine rings is 1. The van der Waals surface area contributed by atoms with Crippen molar-refractivity contribution in [3.8, 4) is 0 Å². The third kappa shape index (κ3) is 3.47. The number of carbonyl (C=O) groups excluding carboxylic acids is 2. The Bertz CT molecular complexity index is 890. The summed E-state index contributed by atoms with van der Waals surface area (Å²) in [6.07, 6.45) is 3.21. The summed E-state index contributed by atoms with van der Waals surface area (Å²) < 4.78 is 13.0. The Kier molecular flexibility index (Phi) is 4.70. The number of nitrogens with one attached hydrogen (secondary N) is 1. The van der Waals surface area contributed by atoms with Crippen LogP contribution in [-0.2, 0) is 16.1 Å². The predicted octanol–water partition coefficient (Wildman–Crippen LogP) is 2.51. The van der Waals surface area contributed by atoms with Gasteiger partial charge >= 0.3 is 0 Å². The van der Waals surface area contributed by atoms with Crippen LogP contribution in [0.5, 0.6) is 0 Å². The van der Waals surface area contributed by atoms with Gasteiger partial charge in [0.15, 0.2) is 5.82 Å². The Morgan fingerprint density at radius 3 is 2.89 bits per heavy atom. The Morgan fingerprint density at radius 1 is 1.33 bits per heavy atom. The molecule has 3 heterocycles. The summed E-state index contributed by atoms with van der Waals surface area (Å²) in [7, 11) is 0. The van der Waals surface area contributed by atoms with Crippen LogP contribution in [0.25, 0.3) is 0 Å². The molecule has 1 aromatic heterocycles. The summed E-state index contributed by atoms with van der Waals surface area (Å²) in [5.74, 6) is -0.0509. The molecule has 6 nitrogen and oxygen atoms in total. The zero-order valence-electron chi connectivity index (χ0n) is 14.5. The standard InChI is InChI=1S/C19H18ClFN4O2/c20-13-8-16-18(23-10-13)24-7-1-2-15(24)19(27)25(16)11-17(26)22-9-12-3-5-14(21)6-4-12/h3-6,8,10,15H,1-2,7,9,11H2,(H,22,26). The van der Waals surface area contributed by atoms with Crippen LogP contribution < -0.4 is 15.1 Å². The van der Waals surface area contributed by atoms with E-state index in [4.69, 9.17) is 11.6 Å². The number of fused-ring (bicyclic) bond motifs is 3. The first-order valence-corrected chi connectivity index (χ1v) is 9.15. The number of hydrogen-bond acceptors (Lipinski definition) is 4. The molecule has 1 atom stereocenters. The van der Waals surface area contributed by atoms with Crippen molar-refractivity contribution in [2.75, 3.05) is 22.9 Å². The average Bonchev–Trinajstić information content (AvgIpc) is 3.14. The van der Waals surface area contributed by atoms with Crippen LogP contribution in [0, 0.1) is 5.82 Å². The lowest BCUT2D eigenvalue weighted by Gasteiger charge is -2.38. The number of hydrogen-bond donors (Lipinski definition) is 1. The van der Waals surface area contributed by atoms with E-state index < -0.39 is 0 Å². The van der Waals surface area contributed by atoms with Gasteiger partial charge in [-0.3, -0.25) is 14.5 Å². The molecule has 1 fully saturated rings. The third-order valence-corrected chi connectivity index (χ3v) is 5.09. The summed E-state index contributed by atoms with van der Waals surface area (Å²) in [5, 5.41) is 3.18. The van der Waals surface area contributed by atoms with Crippen LogP contribution in [-0.4, -0.2) is 35.9 Å². The average molecular weight is 389 g/mol. The van der Waals surface area contributed by atoms with Crippen molar-refractivity contribution in [3.63, 3.8) is 0 Å². The van der Waals surface area contributed by atoms with E-state index in [0.29, 0.717) is 16.5 Å². The van der Waals surface area contributed by atoms with Crippen LogP contribution >= 0.6 is 11.6 Å². The van der Waals surface area contributed by atoms with Gasteiger partial charge in [-0.2, -0.15) is 0 Å². The van der Waals surface area contributed by atoms with Crippen molar-refractivity contribution in [1.29, 1.82) is 0 Å². The third-order valence-electron chi connectivity index (χ3n) is 4.89. The highest BCUT2D eigenvalue weighted by atomic mass is 35.5. The normalized spacial score (nSPS) is 18.3. The van der Waals surface area contributed by atoms with Gasteiger partial charge in [0.1, 0.15) is 18.4 Å². The number of benzene rings is 1. The minimum Gasteiger partial charge on any atom is -0.350 e. The van der Waals surface area contributed by atoms with Gasteiger partial charge in [0.05, 0.1) is 10.7 Å². The van der Waals surface area contributed by atoms with E-state index in [1.54, 1.807) is 24.4 Å². The summed E-state index contributed by atoms with van der Waals surface area (Å²) in [6, 6.07) is 7.29. The monoisotopic (exact) mass is 388 g/mol. The maximum Gasteiger partial charge on any atom is 0.250 e. The molecule has 140 valence electrons. The topological polar surface area (TPSA) is 65.5 Å². The second-order valence-corrected chi connectivity index (χ2v) is 7.11. The number of halogens is 2. The van der Waals surface area contributed by atoms with Gasteiger partial charge in [-0.1, -0.05) is 23.7 Å². The molecule has 0 spiro atoms. The highest BCUT2D eigenvalue weighted by Gasteiger charge is 2.42. The molecule has 2 amide bonds. The van der Waals surface area contributed by atoms with Gasteiger partial charge in [0, 0.05) is 19.3 Å². The SMILES string of the molecule is O=C(CN1C(=O)C2CCCN2c2ncc(Cl)cc21)NCc1ccc(F)cc1. The van der Waals surface area contributed by atoms with Crippen LogP contribution in [0.4, 0.5) is 15.9 Å². The molecular formula is C19H18ClFN4O2. The quantitative estimate of drug-likeness (QED) is 0.874. The van der Waals surface area contributed by atoms with Crippen molar-refractivity contribution in [1.82, 2.24) is 10.3 Å². The first-order valence-electron chi connectivity index (χ1n) is 8.77. The Labute approximate surface area is 160 Å². The van der Waals surface area contributed by atoms with Crippen molar-refractivity contribution in [2.45, 2.75) is 25.4 Å². The summed E-state index contributed by atoms with van der Waals surface area (Å²) in [5.41, 5.74) is 1.34. The number of amides is 2. The molecule has 1 saturated heterocycles. The minimum atomic E-state index is -0.328. The first kappa shape index (κ1) is 17.7. The van der Waals surface area contributed by atoms with Crippen molar-refractivity contribution in [2.24, 2.45) is 0 Å². The lowest BCUT2D eigenvalue weighted by Crippen LogP contribution is -2.53. The molecule has 1 unspecified atom stereocenters. The Balaban J connectivity index is 1.51. The molecule has 27 heavy (non-hydrogen) atoms. The Hall–Kier alpha value is -2.67. The predicted molar refractivity (Wildman–Crippen MR) is 100 cm³/mol. The molecular weight excluding hydrogens is 371 g/mol. The second kappa shape index (κ2) is 7.15. The summed E-state index contributed by atoms with van der Waals surface area (Å²) in [4.78, 5) is 33.2. The van der Waals surface area contributed by atoms with E-state index >= 15 is 0 Å². The van der Waals surface area contributed by atoms with E-state index in [-0.39, 0.29) is 36.8 Å². The molecule has 0 aliphatic carbocycles. The lowest BCUT2D eigenvalue weighted by molar-refractivity contribution is -0.124. The van der Waals surface area contributed by atoms with E-state index in [1.165, 1.54) is 17.0 Å². The van der Waals surface area contributed by atoms with E-state index in [9.17, 15) is 14.0 Å². The van der Waals surface area contributed by atoms with Gasteiger partial charge < -0.3 is 10.2 Å². The van der Waals surface area contributed by atoms with Gasteiger partial charge in [-0.25, -0.2) is 9.37 Å². The molecule has 0 bridgehead atoms. The number of anilines is 2. The molecule has 2 aliphatic heterocycles. The van der Waals surface area contributed by atoms with Gasteiger partial charge in [-0.15, -0.1) is 0 Å².